The molecule has 0 bridgehead atoms. The molecule has 0 amide bonds. The van der Waals surface area contributed by atoms with Gasteiger partial charge < -0.3 is 4.90 Å². The second kappa shape index (κ2) is 5.41. The molecule has 0 fully saturated rings. The highest BCUT2D eigenvalue weighted by atomic mass is 19.4. The molecule has 0 aromatic heterocycles. The molecule has 2 rings (SSSR count). The molecule has 0 N–H and O–H groups in total. The van der Waals surface area contributed by atoms with E-state index in [2.05, 4.69) is 6.07 Å². The van der Waals surface area contributed by atoms with Gasteiger partial charge in [-0.05, 0) is 19.1 Å². The summed E-state index contributed by atoms with van der Waals surface area (Å²) >= 11 is 0. The summed E-state index contributed by atoms with van der Waals surface area (Å²) in [6.07, 6.45) is -4.26. The van der Waals surface area contributed by atoms with Crippen molar-refractivity contribution in [3.8, 4) is 6.07 Å². The molecule has 0 aliphatic rings. The van der Waals surface area contributed by atoms with Crippen LogP contribution in [0, 0.1) is 11.3 Å². The Labute approximate surface area is 115 Å². The summed E-state index contributed by atoms with van der Waals surface area (Å²) in [5.74, 6) is 0. The molecular weight excluding hydrogens is 265 g/mol. The van der Waals surface area contributed by atoms with Crippen molar-refractivity contribution in [2.24, 2.45) is 0 Å². The number of hydrogen-bond acceptors (Lipinski definition) is 2. The van der Waals surface area contributed by atoms with Crippen LogP contribution in [-0.2, 0) is 0 Å². The molecule has 2 aromatic rings. The lowest BCUT2D eigenvalue weighted by atomic mass is 10.0. The van der Waals surface area contributed by atoms with Crippen LogP contribution in [0.5, 0.6) is 0 Å². The standard InChI is InChI=1S/C15H13F3N2/c1-2-20(10-15(16,17)18)14-8-7-11(9-19)12-5-3-4-6-13(12)14/h3-8H,2,10H2,1H3. The van der Waals surface area contributed by atoms with Crippen molar-refractivity contribution in [1.29, 1.82) is 5.26 Å². The van der Waals surface area contributed by atoms with Gasteiger partial charge in [0.1, 0.15) is 6.54 Å². The lowest BCUT2D eigenvalue weighted by Gasteiger charge is -2.26. The summed E-state index contributed by atoms with van der Waals surface area (Å²) in [6, 6.07) is 12.2. The molecule has 0 saturated heterocycles. The number of anilines is 1. The van der Waals surface area contributed by atoms with E-state index in [4.69, 9.17) is 5.26 Å². The minimum Gasteiger partial charge on any atom is -0.362 e. The number of hydrogen-bond donors (Lipinski definition) is 0. The molecule has 20 heavy (non-hydrogen) atoms. The third-order valence-electron chi connectivity index (χ3n) is 3.11. The third kappa shape index (κ3) is 2.85. The van der Waals surface area contributed by atoms with Crippen LogP contribution in [0.15, 0.2) is 36.4 Å². The number of nitriles is 1. The summed E-state index contributed by atoms with van der Waals surface area (Å²) in [5.41, 5.74) is 0.965. The second-order valence-electron chi connectivity index (χ2n) is 4.42. The summed E-state index contributed by atoms with van der Waals surface area (Å²) in [4.78, 5) is 1.27. The molecule has 0 aliphatic heterocycles. The highest BCUT2D eigenvalue weighted by molar-refractivity contribution is 5.97. The van der Waals surface area contributed by atoms with Crippen LogP contribution in [0.2, 0.25) is 0 Å². The van der Waals surface area contributed by atoms with Crippen molar-refractivity contribution in [2.75, 3.05) is 18.0 Å². The number of rotatable bonds is 3. The number of benzene rings is 2. The van der Waals surface area contributed by atoms with Gasteiger partial charge in [0.15, 0.2) is 0 Å². The number of nitrogens with zero attached hydrogens (tertiary/aromatic N) is 2. The van der Waals surface area contributed by atoms with E-state index in [0.717, 1.165) is 0 Å². The molecule has 2 nitrogen and oxygen atoms in total. The largest absolute Gasteiger partial charge is 0.405 e. The van der Waals surface area contributed by atoms with E-state index in [1.54, 1.807) is 43.3 Å². The van der Waals surface area contributed by atoms with Gasteiger partial charge in [-0.1, -0.05) is 24.3 Å². The molecule has 0 radical (unpaired) electrons. The number of fused-ring (bicyclic) bond motifs is 1. The molecule has 0 unspecified atom stereocenters. The van der Waals surface area contributed by atoms with Crippen molar-refractivity contribution in [3.05, 3.63) is 42.0 Å². The monoisotopic (exact) mass is 278 g/mol. The molecule has 2 aromatic carbocycles. The zero-order valence-corrected chi connectivity index (χ0v) is 10.9. The molecule has 0 spiro atoms. The van der Waals surface area contributed by atoms with Crippen molar-refractivity contribution in [1.82, 2.24) is 0 Å². The van der Waals surface area contributed by atoms with Gasteiger partial charge in [0.05, 0.1) is 11.6 Å². The zero-order valence-electron chi connectivity index (χ0n) is 10.9. The fourth-order valence-corrected chi connectivity index (χ4v) is 2.24. The van der Waals surface area contributed by atoms with Gasteiger partial charge in [-0.25, -0.2) is 0 Å². The highest BCUT2D eigenvalue weighted by Gasteiger charge is 2.30. The van der Waals surface area contributed by atoms with Gasteiger partial charge in [-0.3, -0.25) is 0 Å². The maximum Gasteiger partial charge on any atom is 0.405 e. The maximum absolute atomic E-state index is 12.6. The maximum atomic E-state index is 12.6. The van der Waals surface area contributed by atoms with Gasteiger partial charge in [0.25, 0.3) is 0 Å². The Morgan fingerprint density at radius 1 is 1.10 bits per heavy atom. The minimum absolute atomic E-state index is 0.245. The predicted molar refractivity (Wildman–Crippen MR) is 72.6 cm³/mol. The normalized spacial score (nSPS) is 11.3. The topological polar surface area (TPSA) is 27.0 Å². The van der Waals surface area contributed by atoms with E-state index in [-0.39, 0.29) is 6.54 Å². The van der Waals surface area contributed by atoms with E-state index in [1.165, 1.54) is 4.90 Å². The van der Waals surface area contributed by atoms with Gasteiger partial charge in [-0.2, -0.15) is 18.4 Å². The lowest BCUT2D eigenvalue weighted by Crippen LogP contribution is -2.34. The Hall–Kier alpha value is -2.22. The number of alkyl halides is 3. The molecule has 104 valence electrons. The first kappa shape index (κ1) is 14.2. The van der Waals surface area contributed by atoms with Crippen molar-refractivity contribution < 1.29 is 13.2 Å². The molecule has 5 heteroatoms. The smallest absolute Gasteiger partial charge is 0.362 e. The Bertz CT molecular complexity index is 656. The minimum atomic E-state index is -4.26. The van der Waals surface area contributed by atoms with Crippen molar-refractivity contribution >= 4 is 16.5 Å². The Morgan fingerprint density at radius 3 is 2.30 bits per heavy atom. The summed E-state index contributed by atoms with van der Waals surface area (Å²) < 4.78 is 37.9. The van der Waals surface area contributed by atoms with Crippen LogP contribution in [0.3, 0.4) is 0 Å². The molecule has 0 heterocycles. The lowest BCUT2D eigenvalue weighted by molar-refractivity contribution is -0.119. The van der Waals surface area contributed by atoms with Gasteiger partial charge in [0, 0.05) is 23.0 Å². The number of halogens is 3. The average Bonchev–Trinajstić information content (AvgIpc) is 2.42. The average molecular weight is 278 g/mol. The second-order valence-corrected chi connectivity index (χ2v) is 4.42. The van der Waals surface area contributed by atoms with E-state index >= 15 is 0 Å². The van der Waals surface area contributed by atoms with E-state index in [1.807, 2.05) is 0 Å². The Kier molecular flexibility index (Phi) is 3.84. The van der Waals surface area contributed by atoms with Crippen LogP contribution in [0.4, 0.5) is 18.9 Å². The molecule has 0 saturated carbocycles. The molecule has 0 atom stereocenters. The predicted octanol–water partition coefficient (Wildman–Crippen LogP) is 4.10. The van der Waals surface area contributed by atoms with Gasteiger partial charge >= 0.3 is 6.18 Å². The Balaban J connectivity index is 2.57. The van der Waals surface area contributed by atoms with Gasteiger partial charge in [-0.15, -0.1) is 0 Å². The van der Waals surface area contributed by atoms with Crippen LogP contribution in [-0.4, -0.2) is 19.3 Å². The highest BCUT2D eigenvalue weighted by Crippen LogP contribution is 2.31. The summed E-state index contributed by atoms with van der Waals surface area (Å²) in [5, 5.41) is 10.4. The fourth-order valence-electron chi connectivity index (χ4n) is 2.24. The molecular formula is C15H13F3N2. The van der Waals surface area contributed by atoms with Gasteiger partial charge in [0.2, 0.25) is 0 Å². The van der Waals surface area contributed by atoms with E-state index < -0.39 is 12.7 Å². The SMILES string of the molecule is CCN(CC(F)(F)F)c1ccc(C#N)c2ccccc12. The van der Waals surface area contributed by atoms with Crippen LogP contribution < -0.4 is 4.90 Å². The molecule has 0 aliphatic carbocycles. The zero-order chi connectivity index (χ0) is 14.8. The van der Waals surface area contributed by atoms with Crippen LogP contribution >= 0.6 is 0 Å². The van der Waals surface area contributed by atoms with E-state index in [9.17, 15) is 13.2 Å². The van der Waals surface area contributed by atoms with Crippen molar-refractivity contribution in [2.45, 2.75) is 13.1 Å². The van der Waals surface area contributed by atoms with Crippen LogP contribution in [0.25, 0.3) is 10.8 Å². The first-order valence-electron chi connectivity index (χ1n) is 6.20. The quantitative estimate of drug-likeness (QED) is 0.845. The van der Waals surface area contributed by atoms with Crippen LogP contribution in [0.1, 0.15) is 12.5 Å². The van der Waals surface area contributed by atoms with E-state index in [0.29, 0.717) is 22.0 Å². The first-order chi connectivity index (χ1) is 9.46. The Morgan fingerprint density at radius 2 is 1.75 bits per heavy atom. The fraction of sp³-hybridized carbons (Fsp3) is 0.267. The van der Waals surface area contributed by atoms with Crippen molar-refractivity contribution in [3.63, 3.8) is 0 Å². The third-order valence-corrected chi connectivity index (χ3v) is 3.11. The first-order valence-corrected chi connectivity index (χ1v) is 6.20. The summed E-state index contributed by atoms with van der Waals surface area (Å²) in [6.45, 7) is 0.924. The summed E-state index contributed by atoms with van der Waals surface area (Å²) in [7, 11) is 0.